The van der Waals surface area contributed by atoms with Crippen molar-refractivity contribution in [1.29, 1.82) is 0 Å². The molecule has 0 amide bonds. The molecule has 0 aromatic carbocycles. The van der Waals surface area contributed by atoms with Gasteiger partial charge < -0.3 is 5.73 Å². The molecule has 0 saturated heterocycles. The van der Waals surface area contributed by atoms with Crippen LogP contribution in [-0.4, -0.2) is 20.8 Å². The molecular formula is C12H22N4. The van der Waals surface area contributed by atoms with Crippen molar-refractivity contribution in [2.24, 2.45) is 29.5 Å². The molecule has 90 valence electrons. The summed E-state index contributed by atoms with van der Waals surface area (Å²) in [5.41, 5.74) is 6.99. The van der Waals surface area contributed by atoms with E-state index >= 15 is 0 Å². The Labute approximate surface area is 97.2 Å². The standard InChI is InChI=1S/C12H22N4/c1-11(2)10(12(11,3)4)8(13)6-9-14-7-15-16(9)5/h7-8,10H,6,13H2,1-5H3. The van der Waals surface area contributed by atoms with Gasteiger partial charge in [0.1, 0.15) is 12.2 Å². The van der Waals surface area contributed by atoms with Crippen molar-refractivity contribution in [3.8, 4) is 0 Å². The SMILES string of the molecule is Cn1ncnc1CC(N)C1C(C)(C)C1(C)C. The van der Waals surface area contributed by atoms with E-state index in [0.29, 0.717) is 16.7 Å². The molecule has 2 N–H and O–H groups in total. The van der Waals surface area contributed by atoms with Crippen molar-refractivity contribution < 1.29 is 0 Å². The number of rotatable bonds is 3. The average Bonchev–Trinajstić information content (AvgIpc) is 2.44. The maximum Gasteiger partial charge on any atom is 0.138 e. The van der Waals surface area contributed by atoms with Crippen LogP contribution in [0.15, 0.2) is 6.33 Å². The number of aromatic nitrogens is 3. The van der Waals surface area contributed by atoms with E-state index in [9.17, 15) is 0 Å². The lowest BCUT2D eigenvalue weighted by molar-refractivity contribution is 0.457. The van der Waals surface area contributed by atoms with Gasteiger partial charge in [-0.15, -0.1) is 0 Å². The van der Waals surface area contributed by atoms with Crippen molar-refractivity contribution in [3.05, 3.63) is 12.2 Å². The molecule has 0 bridgehead atoms. The molecule has 1 aromatic rings. The summed E-state index contributed by atoms with van der Waals surface area (Å²) in [6.45, 7) is 9.20. The summed E-state index contributed by atoms with van der Waals surface area (Å²) in [6, 6.07) is 0.174. The predicted octanol–water partition coefficient (Wildman–Crippen LogP) is 1.37. The molecule has 4 heteroatoms. The van der Waals surface area contributed by atoms with Gasteiger partial charge in [-0.3, -0.25) is 4.68 Å². The Hall–Kier alpha value is -0.900. The van der Waals surface area contributed by atoms with Gasteiger partial charge in [0.2, 0.25) is 0 Å². The summed E-state index contributed by atoms with van der Waals surface area (Å²) in [5.74, 6) is 1.54. The molecule has 2 rings (SSSR count). The Morgan fingerprint density at radius 3 is 2.31 bits per heavy atom. The molecule has 4 nitrogen and oxygen atoms in total. The summed E-state index contributed by atoms with van der Waals surface area (Å²) in [7, 11) is 1.91. The fraction of sp³-hybridized carbons (Fsp3) is 0.833. The number of hydrogen-bond donors (Lipinski definition) is 1. The van der Waals surface area contributed by atoms with E-state index in [-0.39, 0.29) is 6.04 Å². The highest BCUT2D eigenvalue weighted by molar-refractivity contribution is 5.16. The summed E-state index contributed by atoms with van der Waals surface area (Å²) >= 11 is 0. The van der Waals surface area contributed by atoms with Crippen LogP contribution in [0.5, 0.6) is 0 Å². The van der Waals surface area contributed by atoms with Gasteiger partial charge in [0.05, 0.1) is 0 Å². The van der Waals surface area contributed by atoms with E-state index in [4.69, 9.17) is 5.73 Å². The van der Waals surface area contributed by atoms with E-state index in [1.165, 1.54) is 0 Å². The normalized spacial score (nSPS) is 24.4. The molecule has 1 fully saturated rings. The maximum atomic E-state index is 6.31. The second-order valence-electron chi connectivity index (χ2n) is 6.09. The Morgan fingerprint density at radius 2 is 1.94 bits per heavy atom. The van der Waals surface area contributed by atoms with Gasteiger partial charge in [0, 0.05) is 19.5 Å². The molecule has 0 spiro atoms. The van der Waals surface area contributed by atoms with Gasteiger partial charge in [-0.05, 0) is 16.7 Å². The van der Waals surface area contributed by atoms with E-state index < -0.39 is 0 Å². The summed E-state index contributed by atoms with van der Waals surface area (Å²) in [6.07, 6.45) is 2.40. The van der Waals surface area contributed by atoms with Crippen LogP contribution in [0.25, 0.3) is 0 Å². The van der Waals surface area contributed by atoms with E-state index in [1.807, 2.05) is 11.7 Å². The quantitative estimate of drug-likeness (QED) is 0.840. The third-order valence-electron chi connectivity index (χ3n) is 4.78. The highest BCUT2D eigenvalue weighted by Crippen LogP contribution is 2.69. The van der Waals surface area contributed by atoms with Gasteiger partial charge >= 0.3 is 0 Å². The van der Waals surface area contributed by atoms with Crippen LogP contribution < -0.4 is 5.73 Å². The topological polar surface area (TPSA) is 56.7 Å². The molecule has 1 atom stereocenters. The minimum absolute atomic E-state index is 0.174. The fourth-order valence-corrected chi connectivity index (χ4v) is 3.15. The van der Waals surface area contributed by atoms with E-state index in [2.05, 4.69) is 37.8 Å². The van der Waals surface area contributed by atoms with Crippen molar-refractivity contribution in [2.75, 3.05) is 0 Å². The molecular weight excluding hydrogens is 200 g/mol. The highest BCUT2D eigenvalue weighted by Gasteiger charge is 2.66. The number of aryl methyl sites for hydroxylation is 1. The smallest absolute Gasteiger partial charge is 0.138 e. The van der Waals surface area contributed by atoms with Crippen LogP contribution in [0, 0.1) is 16.7 Å². The first-order valence-corrected chi connectivity index (χ1v) is 5.87. The van der Waals surface area contributed by atoms with Gasteiger partial charge in [0.15, 0.2) is 0 Å². The summed E-state index contributed by atoms with van der Waals surface area (Å²) in [5, 5.41) is 4.07. The van der Waals surface area contributed by atoms with Crippen LogP contribution in [0.4, 0.5) is 0 Å². The van der Waals surface area contributed by atoms with Gasteiger partial charge in [-0.1, -0.05) is 27.7 Å². The summed E-state index contributed by atoms with van der Waals surface area (Å²) in [4.78, 5) is 4.23. The van der Waals surface area contributed by atoms with Crippen LogP contribution >= 0.6 is 0 Å². The van der Waals surface area contributed by atoms with Gasteiger partial charge in [0.25, 0.3) is 0 Å². The zero-order valence-corrected chi connectivity index (χ0v) is 10.9. The lowest BCUT2D eigenvalue weighted by Gasteiger charge is -2.12. The summed E-state index contributed by atoms with van der Waals surface area (Å²) < 4.78 is 1.81. The predicted molar refractivity (Wildman–Crippen MR) is 63.7 cm³/mol. The maximum absolute atomic E-state index is 6.31. The van der Waals surface area contributed by atoms with Gasteiger partial charge in [-0.2, -0.15) is 5.10 Å². The monoisotopic (exact) mass is 222 g/mol. The minimum atomic E-state index is 0.174. The lowest BCUT2D eigenvalue weighted by atomic mass is 10.0. The molecule has 1 aromatic heterocycles. The average molecular weight is 222 g/mol. The Kier molecular flexibility index (Phi) is 2.38. The minimum Gasteiger partial charge on any atom is -0.327 e. The Balaban J connectivity index is 2.07. The molecule has 1 saturated carbocycles. The van der Waals surface area contributed by atoms with Crippen molar-refractivity contribution in [3.63, 3.8) is 0 Å². The number of hydrogen-bond acceptors (Lipinski definition) is 3. The zero-order valence-electron chi connectivity index (χ0n) is 10.9. The third-order valence-corrected chi connectivity index (χ3v) is 4.78. The molecule has 1 aliphatic carbocycles. The van der Waals surface area contributed by atoms with Crippen LogP contribution in [0.3, 0.4) is 0 Å². The largest absolute Gasteiger partial charge is 0.327 e. The highest BCUT2D eigenvalue weighted by atomic mass is 15.3. The van der Waals surface area contributed by atoms with Crippen molar-refractivity contribution in [2.45, 2.75) is 40.2 Å². The van der Waals surface area contributed by atoms with Crippen LogP contribution in [0.1, 0.15) is 33.5 Å². The Bertz CT molecular complexity index is 377. The van der Waals surface area contributed by atoms with E-state index in [0.717, 1.165) is 12.2 Å². The molecule has 0 radical (unpaired) electrons. The van der Waals surface area contributed by atoms with Gasteiger partial charge in [-0.25, -0.2) is 4.98 Å². The number of nitrogens with zero attached hydrogens (tertiary/aromatic N) is 3. The van der Waals surface area contributed by atoms with Crippen molar-refractivity contribution >= 4 is 0 Å². The van der Waals surface area contributed by atoms with E-state index in [1.54, 1.807) is 6.33 Å². The second kappa shape index (κ2) is 3.29. The fourth-order valence-electron chi connectivity index (χ4n) is 3.15. The first kappa shape index (κ1) is 11.6. The number of nitrogens with two attached hydrogens (primary N) is 1. The third kappa shape index (κ3) is 1.47. The molecule has 1 unspecified atom stereocenters. The zero-order chi connectivity index (χ0) is 12.1. The van der Waals surface area contributed by atoms with Crippen LogP contribution in [0.2, 0.25) is 0 Å². The van der Waals surface area contributed by atoms with Crippen molar-refractivity contribution in [1.82, 2.24) is 14.8 Å². The Morgan fingerprint density at radius 1 is 1.38 bits per heavy atom. The lowest BCUT2D eigenvalue weighted by Crippen LogP contribution is -2.29. The molecule has 16 heavy (non-hydrogen) atoms. The van der Waals surface area contributed by atoms with Crippen LogP contribution in [-0.2, 0) is 13.5 Å². The molecule has 0 aliphatic heterocycles. The molecule has 1 heterocycles. The first-order valence-electron chi connectivity index (χ1n) is 5.87. The first-order chi connectivity index (χ1) is 7.28. The molecule has 1 aliphatic rings. The second-order valence-corrected chi connectivity index (χ2v) is 6.09.